The number of fused-ring (bicyclic) bond motifs is 1. The van der Waals surface area contributed by atoms with Crippen LogP contribution in [0.25, 0.3) is 10.8 Å². The highest BCUT2D eigenvalue weighted by atomic mass is 16.2. The first-order chi connectivity index (χ1) is 14.3. The van der Waals surface area contributed by atoms with Crippen molar-refractivity contribution in [3.05, 3.63) is 108 Å². The number of carbonyl (C=O) groups excluding carboxylic acids is 1. The van der Waals surface area contributed by atoms with Gasteiger partial charge in [0.05, 0.1) is 5.69 Å². The lowest BCUT2D eigenvalue weighted by atomic mass is 10.1. The molecule has 4 nitrogen and oxygen atoms in total. The van der Waals surface area contributed by atoms with Gasteiger partial charge in [-0.05, 0) is 35.1 Å². The molecule has 0 spiro atoms. The lowest BCUT2D eigenvalue weighted by Crippen LogP contribution is -2.36. The standard InChI is InChI=1S/C25H23N3O/c29-25(27-24-14-6-12-22-11-4-5-13-23(22)24)28(19-21-10-7-16-26-18-21)17-15-20-8-2-1-3-9-20/h1-14,16,18H,15,17,19H2,(H,27,29). The van der Waals surface area contributed by atoms with Crippen LogP contribution in [0.3, 0.4) is 0 Å². The van der Waals surface area contributed by atoms with Crippen LogP contribution in [-0.2, 0) is 13.0 Å². The van der Waals surface area contributed by atoms with Crippen LogP contribution in [0.2, 0.25) is 0 Å². The number of rotatable bonds is 6. The zero-order chi connectivity index (χ0) is 19.9. The SMILES string of the molecule is O=C(Nc1cccc2ccccc12)N(CCc1ccccc1)Cc1cccnc1. The van der Waals surface area contributed by atoms with Crippen molar-refractivity contribution in [1.29, 1.82) is 0 Å². The lowest BCUT2D eigenvalue weighted by molar-refractivity contribution is 0.210. The molecule has 1 aromatic heterocycles. The summed E-state index contributed by atoms with van der Waals surface area (Å²) in [5.74, 6) is 0. The van der Waals surface area contributed by atoms with Crippen molar-refractivity contribution in [3.63, 3.8) is 0 Å². The third kappa shape index (κ3) is 4.79. The molecule has 1 heterocycles. The number of hydrogen-bond donors (Lipinski definition) is 1. The Balaban J connectivity index is 1.54. The molecule has 1 N–H and O–H groups in total. The normalized spacial score (nSPS) is 10.6. The van der Waals surface area contributed by atoms with Gasteiger partial charge in [0.25, 0.3) is 0 Å². The van der Waals surface area contributed by atoms with E-state index in [1.807, 2.05) is 77.7 Å². The molecular weight excluding hydrogens is 358 g/mol. The van der Waals surface area contributed by atoms with Gasteiger partial charge in [-0.3, -0.25) is 4.98 Å². The van der Waals surface area contributed by atoms with Crippen LogP contribution in [0, 0.1) is 0 Å². The third-order valence-electron chi connectivity index (χ3n) is 4.93. The molecule has 0 aliphatic rings. The fraction of sp³-hybridized carbons (Fsp3) is 0.120. The van der Waals surface area contributed by atoms with E-state index in [0.29, 0.717) is 13.1 Å². The molecule has 3 aromatic carbocycles. The van der Waals surface area contributed by atoms with Gasteiger partial charge in [-0.25, -0.2) is 4.79 Å². The summed E-state index contributed by atoms with van der Waals surface area (Å²) >= 11 is 0. The number of aromatic nitrogens is 1. The minimum Gasteiger partial charge on any atom is -0.320 e. The molecule has 4 aromatic rings. The molecule has 0 fully saturated rings. The molecule has 2 amide bonds. The smallest absolute Gasteiger partial charge is 0.320 e. The number of benzene rings is 3. The van der Waals surface area contributed by atoms with Crippen molar-refractivity contribution in [2.24, 2.45) is 0 Å². The lowest BCUT2D eigenvalue weighted by Gasteiger charge is -2.24. The van der Waals surface area contributed by atoms with Crippen LogP contribution in [-0.4, -0.2) is 22.5 Å². The van der Waals surface area contributed by atoms with Crippen molar-refractivity contribution < 1.29 is 4.79 Å². The van der Waals surface area contributed by atoms with Crippen molar-refractivity contribution in [3.8, 4) is 0 Å². The summed E-state index contributed by atoms with van der Waals surface area (Å²) in [4.78, 5) is 19.2. The molecule has 144 valence electrons. The van der Waals surface area contributed by atoms with Gasteiger partial charge in [0.1, 0.15) is 0 Å². The second-order valence-corrected chi connectivity index (χ2v) is 6.98. The second kappa shape index (κ2) is 9.02. The number of anilines is 1. The number of amides is 2. The van der Waals surface area contributed by atoms with Gasteiger partial charge in [-0.15, -0.1) is 0 Å². The van der Waals surface area contributed by atoms with Crippen LogP contribution >= 0.6 is 0 Å². The monoisotopic (exact) mass is 381 g/mol. The molecule has 4 rings (SSSR count). The van der Waals surface area contributed by atoms with Crippen molar-refractivity contribution >= 4 is 22.5 Å². The maximum Gasteiger partial charge on any atom is 0.322 e. The summed E-state index contributed by atoms with van der Waals surface area (Å²) < 4.78 is 0. The Morgan fingerprint density at radius 3 is 2.41 bits per heavy atom. The molecule has 0 aliphatic heterocycles. The predicted octanol–water partition coefficient (Wildman–Crippen LogP) is 5.51. The highest BCUT2D eigenvalue weighted by molar-refractivity contribution is 6.01. The Hall–Kier alpha value is -3.66. The maximum absolute atomic E-state index is 13.2. The van der Waals surface area contributed by atoms with E-state index in [0.717, 1.165) is 28.4 Å². The van der Waals surface area contributed by atoms with Crippen LogP contribution in [0.1, 0.15) is 11.1 Å². The molecular formula is C25H23N3O. The van der Waals surface area contributed by atoms with Gasteiger partial charge < -0.3 is 10.2 Å². The zero-order valence-electron chi connectivity index (χ0n) is 16.2. The third-order valence-corrected chi connectivity index (χ3v) is 4.93. The Morgan fingerprint density at radius 2 is 1.59 bits per heavy atom. The van der Waals surface area contributed by atoms with Crippen molar-refractivity contribution in [1.82, 2.24) is 9.88 Å². The molecule has 0 bridgehead atoms. The number of nitrogens with one attached hydrogen (secondary N) is 1. The van der Waals surface area contributed by atoms with Crippen molar-refractivity contribution in [2.75, 3.05) is 11.9 Å². The highest BCUT2D eigenvalue weighted by Crippen LogP contribution is 2.23. The van der Waals surface area contributed by atoms with E-state index in [4.69, 9.17) is 0 Å². The molecule has 0 saturated carbocycles. The largest absolute Gasteiger partial charge is 0.322 e. The number of hydrogen-bond acceptors (Lipinski definition) is 2. The summed E-state index contributed by atoms with van der Waals surface area (Å²) in [7, 11) is 0. The van der Waals surface area contributed by atoms with Gasteiger partial charge in [-0.2, -0.15) is 0 Å². The fourth-order valence-electron chi connectivity index (χ4n) is 3.40. The number of carbonyl (C=O) groups is 1. The van der Waals surface area contributed by atoms with E-state index < -0.39 is 0 Å². The van der Waals surface area contributed by atoms with Crippen LogP contribution in [0.15, 0.2) is 97.3 Å². The summed E-state index contributed by atoms with van der Waals surface area (Å²) in [6.07, 6.45) is 4.35. The van der Waals surface area contributed by atoms with Crippen LogP contribution < -0.4 is 5.32 Å². The van der Waals surface area contributed by atoms with E-state index in [1.165, 1.54) is 5.56 Å². The van der Waals surface area contributed by atoms with E-state index >= 15 is 0 Å². The van der Waals surface area contributed by atoms with Gasteiger partial charge in [0, 0.05) is 30.9 Å². The van der Waals surface area contributed by atoms with Crippen LogP contribution in [0.5, 0.6) is 0 Å². The Bertz CT molecular complexity index is 1080. The molecule has 0 radical (unpaired) electrons. The summed E-state index contributed by atoms with van der Waals surface area (Å²) in [6.45, 7) is 1.13. The quantitative estimate of drug-likeness (QED) is 0.478. The average molecular weight is 381 g/mol. The average Bonchev–Trinajstić information content (AvgIpc) is 2.78. The van der Waals surface area contributed by atoms with E-state index in [-0.39, 0.29) is 6.03 Å². The van der Waals surface area contributed by atoms with Crippen molar-refractivity contribution in [2.45, 2.75) is 13.0 Å². The second-order valence-electron chi connectivity index (χ2n) is 6.98. The Labute approximate surface area is 170 Å². The summed E-state index contributed by atoms with van der Waals surface area (Å²) in [5, 5.41) is 5.25. The first-order valence-corrected chi connectivity index (χ1v) is 9.76. The molecule has 0 saturated heterocycles. The topological polar surface area (TPSA) is 45.2 Å². The number of urea groups is 1. The summed E-state index contributed by atoms with van der Waals surface area (Å²) in [6, 6.07) is 28.0. The van der Waals surface area contributed by atoms with Gasteiger partial charge >= 0.3 is 6.03 Å². The molecule has 4 heteroatoms. The van der Waals surface area contributed by atoms with Gasteiger partial charge in [0.15, 0.2) is 0 Å². The molecule has 29 heavy (non-hydrogen) atoms. The number of pyridine rings is 1. The Kier molecular flexibility index (Phi) is 5.81. The molecule has 0 aliphatic carbocycles. The molecule has 0 atom stereocenters. The zero-order valence-corrected chi connectivity index (χ0v) is 16.2. The predicted molar refractivity (Wildman–Crippen MR) is 118 cm³/mol. The van der Waals surface area contributed by atoms with E-state index in [9.17, 15) is 4.79 Å². The van der Waals surface area contributed by atoms with Gasteiger partial charge in [-0.1, -0.05) is 72.8 Å². The minimum absolute atomic E-state index is 0.110. The first-order valence-electron chi connectivity index (χ1n) is 9.76. The minimum atomic E-state index is -0.110. The van der Waals surface area contributed by atoms with Crippen LogP contribution in [0.4, 0.5) is 10.5 Å². The van der Waals surface area contributed by atoms with Gasteiger partial charge in [0.2, 0.25) is 0 Å². The van der Waals surface area contributed by atoms with E-state index in [1.54, 1.807) is 12.4 Å². The highest BCUT2D eigenvalue weighted by Gasteiger charge is 2.15. The fourth-order valence-corrected chi connectivity index (χ4v) is 3.40. The summed E-state index contributed by atoms with van der Waals surface area (Å²) in [5.41, 5.74) is 3.04. The first kappa shape index (κ1) is 18.7. The van der Waals surface area contributed by atoms with E-state index in [2.05, 4.69) is 22.4 Å². The number of nitrogens with zero attached hydrogens (tertiary/aromatic N) is 2. The maximum atomic E-state index is 13.2. The Morgan fingerprint density at radius 1 is 0.828 bits per heavy atom. The molecule has 0 unspecified atom stereocenters.